The SMILES string of the molecule is COC(=O)[C@@H](N)Cc1ccc(CO)cc1.Cl. The Morgan fingerprint density at radius 2 is 1.88 bits per heavy atom. The summed E-state index contributed by atoms with van der Waals surface area (Å²) in [6.45, 7) is 0.0172. The van der Waals surface area contributed by atoms with Crippen LogP contribution in [-0.2, 0) is 22.6 Å². The van der Waals surface area contributed by atoms with E-state index in [4.69, 9.17) is 10.8 Å². The lowest BCUT2D eigenvalue weighted by Gasteiger charge is -2.09. The van der Waals surface area contributed by atoms with E-state index >= 15 is 0 Å². The van der Waals surface area contributed by atoms with E-state index in [2.05, 4.69) is 4.74 Å². The first kappa shape index (κ1) is 14.9. The first-order valence-corrected chi connectivity index (χ1v) is 4.69. The van der Waals surface area contributed by atoms with Crippen LogP contribution in [0.2, 0.25) is 0 Å². The Kier molecular flexibility index (Phi) is 6.72. The van der Waals surface area contributed by atoms with Gasteiger partial charge >= 0.3 is 5.97 Å². The van der Waals surface area contributed by atoms with Crippen LogP contribution in [0, 0.1) is 0 Å². The molecule has 3 N–H and O–H groups in total. The summed E-state index contributed by atoms with van der Waals surface area (Å²) in [5.41, 5.74) is 7.39. The molecule has 5 heteroatoms. The van der Waals surface area contributed by atoms with Crippen molar-refractivity contribution >= 4 is 18.4 Å². The highest BCUT2D eigenvalue weighted by Crippen LogP contribution is 2.06. The lowest BCUT2D eigenvalue weighted by Crippen LogP contribution is -2.33. The Hall–Kier alpha value is -1.10. The molecule has 0 aliphatic heterocycles. The number of aliphatic hydroxyl groups excluding tert-OH is 1. The zero-order valence-electron chi connectivity index (χ0n) is 9.05. The normalized spacial score (nSPS) is 11.4. The number of nitrogens with two attached hydrogens (primary N) is 1. The van der Waals surface area contributed by atoms with E-state index in [0.29, 0.717) is 6.42 Å². The van der Waals surface area contributed by atoms with Crippen LogP contribution in [0.3, 0.4) is 0 Å². The average Bonchev–Trinajstić information content (AvgIpc) is 2.29. The Bertz CT molecular complexity index is 327. The number of ether oxygens (including phenoxy) is 1. The van der Waals surface area contributed by atoms with Gasteiger partial charge in [0.05, 0.1) is 13.7 Å². The van der Waals surface area contributed by atoms with E-state index in [0.717, 1.165) is 11.1 Å². The van der Waals surface area contributed by atoms with Gasteiger partial charge in [-0.25, -0.2) is 0 Å². The molecule has 0 saturated carbocycles. The summed E-state index contributed by atoms with van der Waals surface area (Å²) in [7, 11) is 1.32. The van der Waals surface area contributed by atoms with Crippen molar-refractivity contribution in [2.75, 3.05) is 7.11 Å². The molecule has 0 bridgehead atoms. The molecule has 90 valence electrons. The second-order valence-corrected chi connectivity index (χ2v) is 3.31. The zero-order valence-corrected chi connectivity index (χ0v) is 9.87. The monoisotopic (exact) mass is 245 g/mol. The van der Waals surface area contributed by atoms with Crippen LogP contribution in [0.15, 0.2) is 24.3 Å². The Morgan fingerprint density at radius 3 is 2.31 bits per heavy atom. The fraction of sp³-hybridized carbons (Fsp3) is 0.364. The summed E-state index contributed by atoms with van der Waals surface area (Å²) in [6, 6.07) is 6.66. The molecule has 16 heavy (non-hydrogen) atoms. The molecule has 0 aliphatic rings. The lowest BCUT2D eigenvalue weighted by molar-refractivity contribution is -0.142. The molecule has 0 spiro atoms. The molecule has 0 heterocycles. The standard InChI is InChI=1S/C11H15NO3.ClH/c1-15-11(14)10(12)6-8-2-4-9(7-13)5-3-8;/h2-5,10,13H,6-7,12H2,1H3;1H/t10-;/m0./s1. The number of carbonyl (C=O) groups excluding carboxylic acids is 1. The van der Waals surface area contributed by atoms with Crippen molar-refractivity contribution in [1.29, 1.82) is 0 Å². The quantitative estimate of drug-likeness (QED) is 0.764. The highest BCUT2D eigenvalue weighted by atomic mass is 35.5. The number of esters is 1. The van der Waals surface area contributed by atoms with Gasteiger partial charge in [0.25, 0.3) is 0 Å². The lowest BCUT2D eigenvalue weighted by atomic mass is 10.1. The molecule has 0 saturated heterocycles. The number of hydrogen-bond donors (Lipinski definition) is 2. The highest BCUT2D eigenvalue weighted by Gasteiger charge is 2.13. The molecule has 0 fully saturated rings. The Balaban J connectivity index is 0.00000225. The second kappa shape index (κ2) is 7.22. The van der Waals surface area contributed by atoms with E-state index in [1.165, 1.54) is 7.11 Å². The van der Waals surface area contributed by atoms with Crippen LogP contribution < -0.4 is 5.73 Å². The number of halogens is 1. The van der Waals surface area contributed by atoms with E-state index in [-0.39, 0.29) is 19.0 Å². The summed E-state index contributed by atoms with van der Waals surface area (Å²) < 4.78 is 4.53. The van der Waals surface area contributed by atoms with Crippen LogP contribution >= 0.6 is 12.4 Å². The van der Waals surface area contributed by atoms with Crippen LogP contribution in [0.25, 0.3) is 0 Å². The van der Waals surface area contributed by atoms with Crippen molar-refractivity contribution in [1.82, 2.24) is 0 Å². The largest absolute Gasteiger partial charge is 0.468 e. The van der Waals surface area contributed by atoms with Crippen molar-refractivity contribution in [2.24, 2.45) is 5.73 Å². The predicted molar refractivity (Wildman–Crippen MR) is 63.3 cm³/mol. The maximum atomic E-state index is 11.1. The molecule has 4 nitrogen and oxygen atoms in total. The van der Waals surface area contributed by atoms with Gasteiger partial charge in [-0.15, -0.1) is 12.4 Å². The molecular weight excluding hydrogens is 230 g/mol. The maximum Gasteiger partial charge on any atom is 0.322 e. The third kappa shape index (κ3) is 4.18. The Morgan fingerprint density at radius 1 is 1.38 bits per heavy atom. The third-order valence-corrected chi connectivity index (χ3v) is 2.17. The van der Waals surface area contributed by atoms with E-state index in [1.807, 2.05) is 12.1 Å². The second-order valence-electron chi connectivity index (χ2n) is 3.31. The first-order chi connectivity index (χ1) is 7.17. The zero-order chi connectivity index (χ0) is 11.3. The Labute approximate surface area is 101 Å². The van der Waals surface area contributed by atoms with Gasteiger partial charge in [0.15, 0.2) is 0 Å². The van der Waals surface area contributed by atoms with E-state index in [9.17, 15) is 4.79 Å². The first-order valence-electron chi connectivity index (χ1n) is 4.69. The molecule has 0 amide bonds. The summed E-state index contributed by atoms with van der Waals surface area (Å²) in [5, 5.41) is 8.84. The predicted octanol–water partition coefficient (Wildman–Crippen LogP) is 0.643. The molecule has 1 aromatic rings. The van der Waals surface area contributed by atoms with Gasteiger partial charge in [0, 0.05) is 0 Å². The summed E-state index contributed by atoms with van der Waals surface area (Å²) in [6.07, 6.45) is 0.443. The van der Waals surface area contributed by atoms with Gasteiger partial charge in [-0.05, 0) is 17.5 Å². The topological polar surface area (TPSA) is 72.5 Å². The van der Waals surface area contributed by atoms with Gasteiger partial charge in [0.1, 0.15) is 6.04 Å². The van der Waals surface area contributed by atoms with Crippen molar-refractivity contribution in [3.63, 3.8) is 0 Å². The minimum Gasteiger partial charge on any atom is -0.468 e. The van der Waals surface area contributed by atoms with Gasteiger partial charge in [-0.3, -0.25) is 4.79 Å². The molecular formula is C11H16ClNO3. The number of hydrogen-bond acceptors (Lipinski definition) is 4. The van der Waals surface area contributed by atoms with Gasteiger partial charge in [-0.1, -0.05) is 24.3 Å². The summed E-state index contributed by atoms with van der Waals surface area (Å²) >= 11 is 0. The van der Waals surface area contributed by atoms with E-state index in [1.54, 1.807) is 12.1 Å². The minimum absolute atomic E-state index is 0. The average molecular weight is 246 g/mol. The molecule has 1 aromatic carbocycles. The van der Waals surface area contributed by atoms with Crippen molar-refractivity contribution in [2.45, 2.75) is 19.1 Å². The number of benzene rings is 1. The molecule has 0 aliphatic carbocycles. The van der Waals surface area contributed by atoms with E-state index < -0.39 is 12.0 Å². The van der Waals surface area contributed by atoms with Crippen LogP contribution in [0.1, 0.15) is 11.1 Å². The smallest absolute Gasteiger partial charge is 0.322 e. The number of rotatable bonds is 4. The third-order valence-electron chi connectivity index (χ3n) is 2.17. The summed E-state index contributed by atoms with van der Waals surface area (Å²) in [4.78, 5) is 11.1. The molecule has 0 unspecified atom stereocenters. The van der Waals surface area contributed by atoms with Crippen molar-refractivity contribution < 1.29 is 14.6 Å². The minimum atomic E-state index is -0.630. The molecule has 0 radical (unpaired) electrons. The molecule has 0 aromatic heterocycles. The molecule has 1 atom stereocenters. The van der Waals surface area contributed by atoms with Crippen molar-refractivity contribution in [3.8, 4) is 0 Å². The van der Waals surface area contributed by atoms with Gasteiger partial charge in [-0.2, -0.15) is 0 Å². The number of aliphatic hydroxyl groups is 1. The maximum absolute atomic E-state index is 11.1. The van der Waals surface area contributed by atoms with Crippen molar-refractivity contribution in [3.05, 3.63) is 35.4 Å². The number of methoxy groups -OCH3 is 1. The van der Waals surface area contributed by atoms with Gasteiger partial charge in [0.2, 0.25) is 0 Å². The molecule has 1 rings (SSSR count). The summed E-state index contributed by atoms with van der Waals surface area (Å²) in [5.74, 6) is -0.416. The number of carbonyl (C=O) groups is 1. The highest BCUT2D eigenvalue weighted by molar-refractivity contribution is 5.85. The van der Waals surface area contributed by atoms with Crippen LogP contribution in [0.5, 0.6) is 0 Å². The fourth-order valence-corrected chi connectivity index (χ4v) is 1.27. The fourth-order valence-electron chi connectivity index (χ4n) is 1.27. The van der Waals surface area contributed by atoms with Crippen LogP contribution in [-0.4, -0.2) is 24.2 Å². The van der Waals surface area contributed by atoms with Gasteiger partial charge < -0.3 is 15.6 Å². The van der Waals surface area contributed by atoms with Crippen LogP contribution in [0.4, 0.5) is 0 Å².